The Bertz CT molecular complexity index is 1120. The number of carbonyl (C=O) groups is 1. The van der Waals surface area contributed by atoms with Gasteiger partial charge in [-0.25, -0.2) is 4.98 Å². The number of rotatable bonds is 6. The first-order valence-corrected chi connectivity index (χ1v) is 12.7. The van der Waals surface area contributed by atoms with Gasteiger partial charge in [0.25, 0.3) is 5.91 Å². The van der Waals surface area contributed by atoms with Crippen LogP contribution in [0.5, 0.6) is 0 Å². The molecule has 8 heteroatoms. The lowest BCUT2D eigenvalue weighted by atomic mass is 10.0. The van der Waals surface area contributed by atoms with Crippen LogP contribution in [0.15, 0.2) is 62.9 Å². The van der Waals surface area contributed by atoms with Crippen molar-refractivity contribution in [3.05, 3.63) is 65.0 Å². The zero-order valence-corrected chi connectivity index (χ0v) is 20.6. The lowest BCUT2D eigenvalue weighted by Gasteiger charge is -2.23. The molecule has 6 nitrogen and oxygen atoms in total. The van der Waals surface area contributed by atoms with Crippen molar-refractivity contribution >= 4 is 29.3 Å². The van der Waals surface area contributed by atoms with E-state index in [4.69, 9.17) is 30.5 Å². The molecule has 1 unspecified atom stereocenters. The average Bonchev–Trinajstić information content (AvgIpc) is 3.56. The quantitative estimate of drug-likeness (QED) is 0.421. The highest BCUT2D eigenvalue weighted by Crippen LogP contribution is 2.40. The number of hydrogen-bond acceptors (Lipinski definition) is 6. The van der Waals surface area contributed by atoms with Gasteiger partial charge in [0, 0.05) is 53.8 Å². The Hall–Kier alpha value is -2.32. The van der Waals surface area contributed by atoms with Crippen LogP contribution in [-0.2, 0) is 9.47 Å². The number of amides is 1. The van der Waals surface area contributed by atoms with Gasteiger partial charge >= 0.3 is 0 Å². The molecule has 3 heterocycles. The van der Waals surface area contributed by atoms with Crippen molar-refractivity contribution in [3.8, 4) is 11.3 Å². The van der Waals surface area contributed by atoms with Crippen LogP contribution in [0.25, 0.3) is 11.3 Å². The van der Waals surface area contributed by atoms with Gasteiger partial charge < -0.3 is 18.8 Å². The minimum absolute atomic E-state index is 0.000796. The number of aromatic nitrogens is 1. The van der Waals surface area contributed by atoms with Gasteiger partial charge in [0.15, 0.2) is 11.0 Å². The van der Waals surface area contributed by atoms with Crippen molar-refractivity contribution in [2.24, 2.45) is 0 Å². The van der Waals surface area contributed by atoms with E-state index in [1.165, 1.54) is 11.8 Å². The second-order valence-electron chi connectivity index (χ2n) is 8.64. The second kappa shape index (κ2) is 10.5. The molecule has 178 valence electrons. The molecule has 0 aliphatic carbocycles. The summed E-state index contributed by atoms with van der Waals surface area (Å²) in [6, 6.07) is 15.4. The van der Waals surface area contributed by atoms with E-state index in [0.717, 1.165) is 59.6 Å². The summed E-state index contributed by atoms with van der Waals surface area (Å²) in [7, 11) is 1.84. The molecule has 0 N–H and O–H groups in total. The summed E-state index contributed by atoms with van der Waals surface area (Å²) in [4.78, 5) is 20.6. The molecule has 2 aliphatic heterocycles. The Morgan fingerprint density at radius 2 is 1.71 bits per heavy atom. The molecular weight excluding hydrogens is 472 g/mol. The highest BCUT2D eigenvalue weighted by molar-refractivity contribution is 7.99. The summed E-state index contributed by atoms with van der Waals surface area (Å²) in [5.74, 6) is 0.993. The number of oxazole rings is 1. The van der Waals surface area contributed by atoms with Gasteiger partial charge in [-0.15, -0.1) is 0 Å². The number of benzene rings is 2. The number of nitrogens with zero attached hydrogens (tertiary/aromatic N) is 2. The molecule has 2 aromatic carbocycles. The number of carbonyl (C=O) groups excluding carboxylic acids is 1. The van der Waals surface area contributed by atoms with Crippen LogP contribution in [-0.4, -0.2) is 55.3 Å². The number of hydrogen-bond donors (Lipinski definition) is 0. The van der Waals surface area contributed by atoms with Crippen molar-refractivity contribution < 1.29 is 18.7 Å². The van der Waals surface area contributed by atoms with E-state index < -0.39 is 0 Å². The largest absolute Gasteiger partial charge is 0.433 e. The minimum atomic E-state index is 0.000796. The SMILES string of the molecule is CN(C(=O)c1ccc(-c2nc(C3CCOCC3)oc2Sc2ccc(Cl)cc2)cc1)C1CCOC1. The molecule has 2 aliphatic rings. The maximum Gasteiger partial charge on any atom is 0.253 e. The maximum absolute atomic E-state index is 12.9. The summed E-state index contributed by atoms with van der Waals surface area (Å²) in [5.41, 5.74) is 2.36. The molecule has 0 saturated carbocycles. The Morgan fingerprint density at radius 1 is 1.00 bits per heavy atom. The molecule has 5 rings (SSSR count). The van der Waals surface area contributed by atoms with Crippen LogP contribution in [0.2, 0.25) is 5.02 Å². The van der Waals surface area contributed by atoms with E-state index in [1.807, 2.05) is 55.6 Å². The van der Waals surface area contributed by atoms with E-state index in [1.54, 1.807) is 4.90 Å². The van der Waals surface area contributed by atoms with Crippen molar-refractivity contribution in [1.29, 1.82) is 0 Å². The van der Waals surface area contributed by atoms with Crippen LogP contribution in [0.4, 0.5) is 0 Å². The second-order valence-corrected chi connectivity index (χ2v) is 10.1. The van der Waals surface area contributed by atoms with Crippen LogP contribution >= 0.6 is 23.4 Å². The topological polar surface area (TPSA) is 64.8 Å². The Balaban J connectivity index is 1.42. The first-order chi connectivity index (χ1) is 16.6. The van der Waals surface area contributed by atoms with Crippen LogP contribution in [0, 0.1) is 0 Å². The third kappa shape index (κ3) is 5.18. The first kappa shape index (κ1) is 23.4. The Morgan fingerprint density at radius 3 is 2.38 bits per heavy atom. The van der Waals surface area contributed by atoms with Gasteiger partial charge in [0.2, 0.25) is 0 Å². The third-order valence-electron chi connectivity index (χ3n) is 6.39. The number of likely N-dealkylation sites (N-methyl/N-ethyl adjacent to an activating group) is 1. The molecule has 3 aromatic rings. The molecule has 2 saturated heterocycles. The third-order valence-corrected chi connectivity index (χ3v) is 7.61. The highest BCUT2D eigenvalue weighted by atomic mass is 35.5. The van der Waals surface area contributed by atoms with E-state index >= 15 is 0 Å². The number of halogens is 1. The molecule has 1 amide bonds. The van der Waals surface area contributed by atoms with Gasteiger partial charge in [-0.1, -0.05) is 23.7 Å². The maximum atomic E-state index is 12.9. The van der Waals surface area contributed by atoms with E-state index in [0.29, 0.717) is 23.8 Å². The van der Waals surface area contributed by atoms with Gasteiger partial charge in [-0.05, 0) is 67.4 Å². The van der Waals surface area contributed by atoms with Gasteiger partial charge in [0.1, 0.15) is 5.69 Å². The first-order valence-electron chi connectivity index (χ1n) is 11.6. The highest BCUT2D eigenvalue weighted by Gasteiger charge is 2.27. The lowest BCUT2D eigenvalue weighted by Crippen LogP contribution is -2.37. The van der Waals surface area contributed by atoms with Gasteiger partial charge in [-0.3, -0.25) is 4.79 Å². The molecule has 34 heavy (non-hydrogen) atoms. The summed E-state index contributed by atoms with van der Waals surface area (Å²) >= 11 is 7.58. The molecule has 0 bridgehead atoms. The normalized spacial score (nSPS) is 18.8. The van der Waals surface area contributed by atoms with Crippen LogP contribution < -0.4 is 0 Å². The fourth-order valence-corrected chi connectivity index (χ4v) is 5.27. The van der Waals surface area contributed by atoms with E-state index in [-0.39, 0.29) is 17.9 Å². The monoisotopic (exact) mass is 498 g/mol. The van der Waals surface area contributed by atoms with E-state index in [2.05, 4.69) is 0 Å². The van der Waals surface area contributed by atoms with Gasteiger partial charge in [0.05, 0.1) is 12.6 Å². The molecule has 1 atom stereocenters. The van der Waals surface area contributed by atoms with E-state index in [9.17, 15) is 4.79 Å². The minimum Gasteiger partial charge on any atom is -0.433 e. The standard InChI is InChI=1S/C26H27ClN2O4S/c1-29(21-12-15-32-16-21)25(30)19-4-2-17(3-5-19)23-26(34-22-8-6-20(27)7-9-22)33-24(28-23)18-10-13-31-14-11-18/h2-9,18,21H,10-16H2,1H3. The average molecular weight is 499 g/mol. The summed E-state index contributed by atoms with van der Waals surface area (Å²) < 4.78 is 17.2. The van der Waals surface area contributed by atoms with Crippen LogP contribution in [0.3, 0.4) is 0 Å². The molecular formula is C26H27ClN2O4S. The molecule has 0 spiro atoms. The zero-order valence-electron chi connectivity index (χ0n) is 19.0. The van der Waals surface area contributed by atoms with Crippen molar-refractivity contribution in [2.45, 2.75) is 41.2 Å². The molecule has 2 fully saturated rings. The molecule has 1 aromatic heterocycles. The number of ether oxygens (including phenoxy) is 2. The van der Waals surface area contributed by atoms with Crippen molar-refractivity contribution in [2.75, 3.05) is 33.5 Å². The molecule has 0 radical (unpaired) electrons. The summed E-state index contributed by atoms with van der Waals surface area (Å²) in [6.45, 7) is 2.74. The Kier molecular flexibility index (Phi) is 7.25. The predicted octanol–water partition coefficient (Wildman–Crippen LogP) is 5.90. The summed E-state index contributed by atoms with van der Waals surface area (Å²) in [6.07, 6.45) is 2.67. The summed E-state index contributed by atoms with van der Waals surface area (Å²) in [5, 5.41) is 1.43. The van der Waals surface area contributed by atoms with Gasteiger partial charge in [-0.2, -0.15) is 0 Å². The Labute approximate surface area is 208 Å². The van der Waals surface area contributed by atoms with Crippen LogP contribution in [0.1, 0.15) is 41.4 Å². The fraction of sp³-hybridized carbons (Fsp3) is 0.385. The van der Waals surface area contributed by atoms with Crippen molar-refractivity contribution in [1.82, 2.24) is 9.88 Å². The predicted molar refractivity (Wildman–Crippen MR) is 132 cm³/mol. The zero-order chi connectivity index (χ0) is 23.5. The lowest BCUT2D eigenvalue weighted by molar-refractivity contribution is 0.0711. The smallest absolute Gasteiger partial charge is 0.253 e. The van der Waals surface area contributed by atoms with Crippen molar-refractivity contribution in [3.63, 3.8) is 0 Å². The fourth-order valence-electron chi connectivity index (χ4n) is 4.27.